The predicted octanol–water partition coefficient (Wildman–Crippen LogP) is 9.49. The number of aromatic nitrogens is 1. The quantitative estimate of drug-likeness (QED) is 0.113. The van der Waals surface area contributed by atoms with Crippen LogP contribution in [0.4, 0.5) is 0 Å². The molecule has 6 aromatic rings. The van der Waals surface area contributed by atoms with Crippen LogP contribution in [0.15, 0.2) is 95.1 Å². The van der Waals surface area contributed by atoms with E-state index < -0.39 is 0 Å². The van der Waals surface area contributed by atoms with Crippen LogP contribution in [-0.2, 0) is 24.9 Å². The van der Waals surface area contributed by atoms with Gasteiger partial charge >= 0.3 is 0 Å². The average Bonchev–Trinajstić information content (AvgIpc) is 3.49. The second-order valence-electron chi connectivity index (χ2n) is 9.57. The summed E-state index contributed by atoms with van der Waals surface area (Å²) in [5, 5.41) is 11.7. The standard InChI is InChI=1S/C28H20NOS.C5H8O2.Ir/c1-17(2)18-10-12-19(13-11-18)26-16-20-14-15-24(29-28(20)31-26)23-8-5-7-22-21-6-3-4-9-25(21)30-27(22)23;1-4(6)3-5(2)7;/h3-7,9-17H,1-2H3;3,6H,1-2H3;/q-1;;/b;4-3-;. The van der Waals surface area contributed by atoms with Crippen LogP contribution in [0.2, 0.25) is 0 Å². The Morgan fingerprint density at radius 2 is 1.74 bits per heavy atom. The molecule has 0 fully saturated rings. The van der Waals surface area contributed by atoms with E-state index in [1.54, 1.807) is 11.3 Å². The Bertz CT molecular complexity index is 1790. The molecule has 0 bridgehead atoms. The molecule has 4 nitrogen and oxygen atoms in total. The van der Waals surface area contributed by atoms with E-state index in [1.807, 2.05) is 24.3 Å². The van der Waals surface area contributed by atoms with Gasteiger partial charge in [0.2, 0.25) is 0 Å². The van der Waals surface area contributed by atoms with Gasteiger partial charge in [0, 0.05) is 41.8 Å². The molecule has 6 heteroatoms. The van der Waals surface area contributed by atoms with Gasteiger partial charge in [0.25, 0.3) is 0 Å². The van der Waals surface area contributed by atoms with E-state index in [1.165, 1.54) is 35.9 Å². The molecule has 0 aliphatic rings. The van der Waals surface area contributed by atoms with Crippen molar-refractivity contribution in [3.63, 3.8) is 0 Å². The first-order valence-corrected chi connectivity index (χ1v) is 13.3. The second-order valence-corrected chi connectivity index (χ2v) is 10.6. The first-order chi connectivity index (χ1) is 18.3. The van der Waals surface area contributed by atoms with Crippen LogP contribution in [0.25, 0.3) is 53.9 Å². The van der Waals surface area contributed by atoms with Crippen molar-refractivity contribution in [3.8, 4) is 21.7 Å². The van der Waals surface area contributed by atoms with E-state index in [-0.39, 0.29) is 31.6 Å². The summed E-state index contributed by atoms with van der Waals surface area (Å²) in [6.45, 7) is 7.29. The van der Waals surface area contributed by atoms with Gasteiger partial charge < -0.3 is 9.52 Å². The number of furan rings is 1. The summed E-state index contributed by atoms with van der Waals surface area (Å²) in [6.07, 6.45) is 1.17. The molecule has 3 heterocycles. The molecule has 0 unspecified atom stereocenters. The largest absolute Gasteiger partial charge is 0.512 e. The van der Waals surface area contributed by atoms with Crippen LogP contribution >= 0.6 is 11.3 Å². The number of ketones is 1. The maximum atomic E-state index is 10.0. The van der Waals surface area contributed by atoms with Crippen LogP contribution in [0.5, 0.6) is 0 Å². The van der Waals surface area contributed by atoms with Gasteiger partial charge in [0.15, 0.2) is 5.78 Å². The third kappa shape index (κ3) is 6.20. The van der Waals surface area contributed by atoms with E-state index in [2.05, 4.69) is 74.5 Å². The Kier molecular flexibility index (Phi) is 8.81. The molecule has 1 N–H and O–H groups in total. The second kappa shape index (κ2) is 12.1. The number of nitrogens with zero attached hydrogens (tertiary/aromatic N) is 1. The van der Waals surface area contributed by atoms with Crippen molar-refractivity contribution in [3.05, 3.63) is 102 Å². The summed E-state index contributed by atoms with van der Waals surface area (Å²) in [5.41, 5.74) is 6.13. The van der Waals surface area contributed by atoms with Crippen molar-refractivity contribution < 1.29 is 34.4 Å². The SMILES string of the molecule is CC(=O)/C=C(/C)O.CC(C)c1ccc(-c2cc3ccc(-c4[c-]ccc5c4oc4ccccc45)nc3s2)cc1.[Ir]. The maximum absolute atomic E-state index is 10.0. The number of carbonyl (C=O) groups excluding carboxylic acids is 1. The third-order valence-corrected chi connectivity index (χ3v) is 7.35. The minimum Gasteiger partial charge on any atom is -0.512 e. The molecule has 0 aliphatic carbocycles. The van der Waals surface area contributed by atoms with Gasteiger partial charge in [0.05, 0.1) is 11.3 Å². The molecule has 199 valence electrons. The number of aliphatic hydroxyl groups excluding tert-OH is 1. The summed E-state index contributed by atoms with van der Waals surface area (Å²) in [7, 11) is 0. The molecule has 1 radical (unpaired) electrons. The monoisotopic (exact) mass is 711 g/mol. The number of pyridine rings is 1. The topological polar surface area (TPSA) is 63.3 Å². The van der Waals surface area contributed by atoms with Gasteiger partial charge in [-0.1, -0.05) is 79.4 Å². The van der Waals surface area contributed by atoms with Crippen molar-refractivity contribution in [2.75, 3.05) is 0 Å². The number of hydrogen-bond donors (Lipinski definition) is 1. The zero-order valence-electron chi connectivity index (χ0n) is 22.1. The molecule has 0 amide bonds. The van der Waals surface area contributed by atoms with Gasteiger partial charge in [-0.3, -0.25) is 9.78 Å². The van der Waals surface area contributed by atoms with Crippen molar-refractivity contribution in [1.29, 1.82) is 0 Å². The Morgan fingerprint density at radius 3 is 2.41 bits per heavy atom. The Labute approximate surface area is 245 Å². The fraction of sp³-hybridized carbons (Fsp3) is 0.152. The van der Waals surface area contributed by atoms with Crippen LogP contribution in [-0.4, -0.2) is 15.9 Å². The van der Waals surface area contributed by atoms with Gasteiger partial charge in [-0.25, -0.2) is 0 Å². The number of rotatable bonds is 4. The zero-order chi connectivity index (χ0) is 26.8. The summed E-state index contributed by atoms with van der Waals surface area (Å²) in [4.78, 5) is 17.3. The van der Waals surface area contributed by atoms with Crippen molar-refractivity contribution in [2.45, 2.75) is 33.6 Å². The van der Waals surface area contributed by atoms with Gasteiger partial charge in [-0.2, -0.15) is 0 Å². The number of fused-ring (bicyclic) bond motifs is 4. The summed E-state index contributed by atoms with van der Waals surface area (Å²) >= 11 is 1.73. The smallest absolute Gasteiger partial charge is 0.155 e. The maximum Gasteiger partial charge on any atom is 0.155 e. The first-order valence-electron chi connectivity index (χ1n) is 12.5. The van der Waals surface area contributed by atoms with Crippen LogP contribution in [0, 0.1) is 6.07 Å². The predicted molar refractivity (Wildman–Crippen MR) is 158 cm³/mol. The number of aliphatic hydroxyl groups is 1. The fourth-order valence-corrected chi connectivity index (χ4v) is 5.44. The number of benzene rings is 3. The van der Waals surface area contributed by atoms with E-state index in [9.17, 15) is 4.79 Å². The van der Waals surface area contributed by atoms with Gasteiger partial charge in [-0.05, 0) is 48.7 Å². The third-order valence-electron chi connectivity index (χ3n) is 6.25. The van der Waals surface area contributed by atoms with Crippen molar-refractivity contribution in [2.24, 2.45) is 0 Å². The minimum absolute atomic E-state index is 0. The van der Waals surface area contributed by atoms with Crippen LogP contribution < -0.4 is 0 Å². The Balaban J connectivity index is 0.000000394. The van der Waals surface area contributed by atoms with E-state index in [0.29, 0.717) is 5.92 Å². The van der Waals surface area contributed by atoms with E-state index in [0.717, 1.165) is 43.4 Å². The molecular formula is C33H28IrNO3S-. The molecular weight excluding hydrogens is 683 g/mol. The Hall–Kier alpha value is -3.57. The molecule has 0 saturated heterocycles. The van der Waals surface area contributed by atoms with Crippen molar-refractivity contribution >= 4 is 49.3 Å². The molecule has 39 heavy (non-hydrogen) atoms. The van der Waals surface area contributed by atoms with Crippen LogP contribution in [0.3, 0.4) is 0 Å². The minimum atomic E-state index is -0.125. The van der Waals surface area contributed by atoms with Crippen molar-refractivity contribution in [1.82, 2.24) is 4.98 Å². The molecule has 0 saturated carbocycles. The number of thiophene rings is 1. The first kappa shape index (κ1) is 28.4. The number of carbonyl (C=O) groups is 1. The normalized spacial score (nSPS) is 11.5. The van der Waals surface area contributed by atoms with Gasteiger partial charge in [0.1, 0.15) is 10.4 Å². The van der Waals surface area contributed by atoms with E-state index in [4.69, 9.17) is 14.5 Å². The molecule has 0 aliphatic heterocycles. The van der Waals surface area contributed by atoms with E-state index >= 15 is 0 Å². The fourth-order valence-electron chi connectivity index (χ4n) is 4.41. The average molecular weight is 711 g/mol. The Morgan fingerprint density at radius 1 is 1.00 bits per heavy atom. The number of allylic oxidation sites excluding steroid dienone is 2. The molecule has 3 aromatic carbocycles. The summed E-state index contributed by atoms with van der Waals surface area (Å²) in [6, 6.07) is 30.8. The molecule has 3 aromatic heterocycles. The summed E-state index contributed by atoms with van der Waals surface area (Å²) in [5.74, 6) is 0.477. The zero-order valence-corrected chi connectivity index (χ0v) is 25.3. The van der Waals surface area contributed by atoms with Gasteiger partial charge in [-0.15, -0.1) is 29.5 Å². The number of hydrogen-bond acceptors (Lipinski definition) is 5. The molecule has 0 atom stereocenters. The van der Waals surface area contributed by atoms with Crippen LogP contribution in [0.1, 0.15) is 39.2 Å². The summed E-state index contributed by atoms with van der Waals surface area (Å²) < 4.78 is 6.19. The molecule has 6 rings (SSSR count). The number of para-hydroxylation sites is 1. The molecule has 0 spiro atoms.